The molecule has 1 N–H and O–H groups in total. The number of hydrogen-bond acceptors (Lipinski definition) is 5. The molecular formula is C17H16F3N3OS. The van der Waals surface area contributed by atoms with Crippen molar-refractivity contribution >= 4 is 33.1 Å². The van der Waals surface area contributed by atoms with Gasteiger partial charge in [0.05, 0.1) is 22.5 Å². The fraction of sp³-hybridized carbons (Fsp3) is 0.294. The van der Waals surface area contributed by atoms with E-state index in [2.05, 4.69) is 15.3 Å². The number of ether oxygens (including phenoxy) is 1. The van der Waals surface area contributed by atoms with Gasteiger partial charge in [-0.25, -0.2) is 23.1 Å². The average molecular weight is 367 g/mol. The average Bonchev–Trinajstić information content (AvgIpc) is 2.91. The van der Waals surface area contributed by atoms with Crippen molar-refractivity contribution in [1.82, 2.24) is 9.97 Å². The molecule has 0 spiro atoms. The topological polar surface area (TPSA) is 47.0 Å². The number of halogens is 3. The fourth-order valence-electron chi connectivity index (χ4n) is 2.25. The molecule has 132 valence electrons. The van der Waals surface area contributed by atoms with Crippen LogP contribution in [-0.4, -0.2) is 22.5 Å². The first-order valence-electron chi connectivity index (χ1n) is 7.59. The van der Waals surface area contributed by atoms with Crippen molar-refractivity contribution < 1.29 is 17.9 Å². The first kappa shape index (κ1) is 17.5. The zero-order valence-electron chi connectivity index (χ0n) is 13.6. The van der Waals surface area contributed by atoms with Gasteiger partial charge in [-0.2, -0.15) is 0 Å². The molecule has 0 aliphatic carbocycles. The molecule has 3 aromatic rings. The lowest BCUT2D eigenvalue weighted by atomic mass is 10.2. The number of nitrogens with one attached hydrogen (secondary N) is 1. The SMILES string of the molecule is Cc1csc2c(Nc3ccc(F)cc3OCCC(C)(F)F)ncnc12. The summed E-state index contributed by atoms with van der Waals surface area (Å²) in [6.07, 6.45) is 0.983. The minimum Gasteiger partial charge on any atom is -0.491 e. The van der Waals surface area contributed by atoms with E-state index in [1.54, 1.807) is 0 Å². The Labute approximate surface area is 146 Å². The summed E-state index contributed by atoms with van der Waals surface area (Å²) in [4.78, 5) is 8.46. The zero-order valence-corrected chi connectivity index (χ0v) is 14.5. The number of alkyl halides is 2. The molecule has 0 aliphatic heterocycles. The normalized spacial score (nSPS) is 11.7. The van der Waals surface area contributed by atoms with Gasteiger partial charge in [0.25, 0.3) is 0 Å². The number of benzene rings is 1. The van der Waals surface area contributed by atoms with Crippen molar-refractivity contribution in [1.29, 1.82) is 0 Å². The van der Waals surface area contributed by atoms with E-state index in [1.807, 2.05) is 12.3 Å². The van der Waals surface area contributed by atoms with E-state index in [0.717, 1.165) is 28.8 Å². The molecule has 0 bridgehead atoms. The minimum absolute atomic E-state index is 0.157. The molecule has 0 amide bonds. The Morgan fingerprint density at radius 2 is 2.08 bits per heavy atom. The maximum absolute atomic E-state index is 13.5. The van der Waals surface area contributed by atoms with Crippen LogP contribution in [0.25, 0.3) is 10.2 Å². The summed E-state index contributed by atoms with van der Waals surface area (Å²) in [6, 6.07) is 3.92. The predicted molar refractivity (Wildman–Crippen MR) is 92.6 cm³/mol. The van der Waals surface area contributed by atoms with Gasteiger partial charge < -0.3 is 10.1 Å². The van der Waals surface area contributed by atoms with Crippen molar-refractivity contribution in [3.8, 4) is 5.75 Å². The van der Waals surface area contributed by atoms with Gasteiger partial charge in [-0.3, -0.25) is 0 Å². The van der Waals surface area contributed by atoms with Crippen LogP contribution in [-0.2, 0) is 0 Å². The molecule has 0 atom stereocenters. The summed E-state index contributed by atoms with van der Waals surface area (Å²) in [5, 5.41) is 5.05. The van der Waals surface area contributed by atoms with E-state index in [0.29, 0.717) is 11.5 Å². The van der Waals surface area contributed by atoms with Crippen LogP contribution in [0.2, 0.25) is 0 Å². The lowest BCUT2D eigenvalue weighted by molar-refractivity contribution is 0.000908. The van der Waals surface area contributed by atoms with Crippen molar-refractivity contribution in [2.45, 2.75) is 26.2 Å². The van der Waals surface area contributed by atoms with Crippen molar-refractivity contribution in [3.05, 3.63) is 41.3 Å². The molecule has 2 aromatic heterocycles. The molecule has 25 heavy (non-hydrogen) atoms. The van der Waals surface area contributed by atoms with Crippen LogP contribution >= 0.6 is 11.3 Å². The molecule has 4 nitrogen and oxygen atoms in total. The van der Waals surface area contributed by atoms with E-state index >= 15 is 0 Å². The zero-order chi connectivity index (χ0) is 18.0. The summed E-state index contributed by atoms with van der Waals surface area (Å²) in [5.41, 5.74) is 2.32. The Kier molecular flexibility index (Phi) is 4.80. The maximum Gasteiger partial charge on any atom is 0.248 e. The summed E-state index contributed by atoms with van der Waals surface area (Å²) in [5.74, 6) is -2.64. The largest absolute Gasteiger partial charge is 0.491 e. The highest BCUT2D eigenvalue weighted by Crippen LogP contribution is 2.34. The summed E-state index contributed by atoms with van der Waals surface area (Å²) >= 11 is 1.49. The van der Waals surface area contributed by atoms with Crippen molar-refractivity contribution in [2.75, 3.05) is 11.9 Å². The quantitative estimate of drug-likeness (QED) is 0.642. The second-order valence-corrected chi connectivity index (χ2v) is 6.63. The maximum atomic E-state index is 13.5. The lowest BCUT2D eigenvalue weighted by Crippen LogP contribution is -2.15. The Hall–Kier alpha value is -2.35. The Morgan fingerprint density at radius 1 is 1.28 bits per heavy atom. The molecule has 0 saturated heterocycles. The van der Waals surface area contributed by atoms with E-state index in [9.17, 15) is 13.2 Å². The molecule has 1 aromatic carbocycles. The molecule has 2 heterocycles. The Balaban J connectivity index is 1.86. The smallest absolute Gasteiger partial charge is 0.248 e. The van der Waals surface area contributed by atoms with Gasteiger partial charge in [0, 0.05) is 12.5 Å². The predicted octanol–water partition coefficient (Wildman–Crippen LogP) is 5.31. The highest BCUT2D eigenvalue weighted by Gasteiger charge is 2.21. The van der Waals surface area contributed by atoms with Crippen LogP contribution in [0.4, 0.5) is 24.7 Å². The van der Waals surface area contributed by atoms with Crippen LogP contribution in [0.1, 0.15) is 18.9 Å². The standard InChI is InChI=1S/C17H16F3N3OS/c1-10-8-25-15-14(10)21-9-22-16(15)23-12-4-3-11(18)7-13(12)24-6-5-17(2,19)20/h3-4,7-9H,5-6H2,1-2H3,(H,21,22,23). The fourth-order valence-corrected chi connectivity index (χ4v) is 3.19. The molecule has 0 unspecified atom stereocenters. The first-order valence-corrected chi connectivity index (χ1v) is 8.47. The molecule has 0 fully saturated rings. The number of nitrogens with zero attached hydrogens (tertiary/aromatic N) is 2. The third-order valence-electron chi connectivity index (χ3n) is 3.53. The van der Waals surface area contributed by atoms with E-state index in [4.69, 9.17) is 4.74 Å². The van der Waals surface area contributed by atoms with Crippen molar-refractivity contribution in [3.63, 3.8) is 0 Å². The number of fused-ring (bicyclic) bond motifs is 1. The van der Waals surface area contributed by atoms with Crippen LogP contribution in [0, 0.1) is 12.7 Å². The monoisotopic (exact) mass is 367 g/mol. The molecule has 3 rings (SSSR count). The van der Waals surface area contributed by atoms with Crippen LogP contribution < -0.4 is 10.1 Å². The number of aromatic nitrogens is 2. The molecular weight excluding hydrogens is 351 g/mol. The highest BCUT2D eigenvalue weighted by atomic mass is 32.1. The number of rotatable bonds is 6. The number of aryl methyl sites for hydroxylation is 1. The summed E-state index contributed by atoms with van der Waals surface area (Å²) < 4.78 is 45.6. The number of hydrogen-bond donors (Lipinski definition) is 1. The number of anilines is 2. The third-order valence-corrected chi connectivity index (χ3v) is 4.62. The number of thiophene rings is 1. The Morgan fingerprint density at radius 3 is 2.84 bits per heavy atom. The first-order chi connectivity index (χ1) is 11.8. The minimum atomic E-state index is -2.84. The van der Waals surface area contributed by atoms with Gasteiger partial charge >= 0.3 is 0 Å². The Bertz CT molecular complexity index is 892. The second-order valence-electron chi connectivity index (χ2n) is 5.75. The highest BCUT2D eigenvalue weighted by molar-refractivity contribution is 7.18. The van der Waals surface area contributed by atoms with Crippen molar-refractivity contribution in [2.24, 2.45) is 0 Å². The van der Waals surface area contributed by atoms with Gasteiger partial charge in [0.1, 0.15) is 17.9 Å². The van der Waals surface area contributed by atoms with Gasteiger partial charge in [-0.15, -0.1) is 11.3 Å². The van der Waals surface area contributed by atoms with Gasteiger partial charge in [0.15, 0.2) is 5.82 Å². The van der Waals surface area contributed by atoms with Crippen LogP contribution in [0.15, 0.2) is 29.9 Å². The summed E-state index contributed by atoms with van der Waals surface area (Å²) in [7, 11) is 0. The second kappa shape index (κ2) is 6.87. The van der Waals surface area contributed by atoms with E-state index in [-0.39, 0.29) is 12.4 Å². The molecule has 0 aliphatic rings. The van der Waals surface area contributed by atoms with Gasteiger partial charge in [-0.05, 0) is 36.9 Å². The van der Waals surface area contributed by atoms with Crippen LogP contribution in [0.3, 0.4) is 0 Å². The molecule has 0 saturated carbocycles. The molecule has 0 radical (unpaired) electrons. The van der Waals surface area contributed by atoms with Gasteiger partial charge in [-0.1, -0.05) is 0 Å². The van der Waals surface area contributed by atoms with E-state index < -0.39 is 18.2 Å². The van der Waals surface area contributed by atoms with E-state index in [1.165, 1.54) is 29.8 Å². The lowest BCUT2D eigenvalue weighted by Gasteiger charge is -2.15. The van der Waals surface area contributed by atoms with Crippen LogP contribution in [0.5, 0.6) is 5.75 Å². The third kappa shape index (κ3) is 4.19. The van der Waals surface area contributed by atoms with Gasteiger partial charge in [0.2, 0.25) is 5.92 Å². The summed E-state index contributed by atoms with van der Waals surface area (Å²) in [6.45, 7) is 2.55. The molecule has 8 heteroatoms.